The number of halogens is 2. The Morgan fingerprint density at radius 3 is 2.63 bits per heavy atom. The first-order valence-corrected chi connectivity index (χ1v) is 14.4. The van der Waals surface area contributed by atoms with Crippen molar-refractivity contribution in [3.05, 3.63) is 75.0 Å². The zero-order chi connectivity index (χ0) is 27.0. The van der Waals surface area contributed by atoms with Crippen molar-refractivity contribution in [3.63, 3.8) is 0 Å². The summed E-state index contributed by atoms with van der Waals surface area (Å²) in [6.07, 6.45) is 5.42. The molecule has 0 amide bonds. The minimum absolute atomic E-state index is 0.00656. The van der Waals surface area contributed by atoms with Crippen LogP contribution < -0.4 is 5.32 Å². The maximum absolute atomic E-state index is 13.9. The van der Waals surface area contributed by atoms with Crippen LogP contribution in [0.1, 0.15) is 29.5 Å². The molecule has 3 aromatic rings. The van der Waals surface area contributed by atoms with Crippen molar-refractivity contribution in [2.75, 3.05) is 20.2 Å². The average molecular weight is 579 g/mol. The highest BCUT2D eigenvalue weighted by atomic mass is 35.5. The Kier molecular flexibility index (Phi) is 7.36. The molecule has 14 heteroatoms. The molecule has 1 fully saturated rings. The number of thiazole rings is 1. The van der Waals surface area contributed by atoms with Crippen molar-refractivity contribution < 1.29 is 22.3 Å². The predicted octanol–water partition coefficient (Wildman–Crippen LogP) is 3.29. The lowest BCUT2D eigenvalue weighted by atomic mass is 9.86. The molecule has 4 heterocycles. The Balaban J connectivity index is 1.52. The summed E-state index contributed by atoms with van der Waals surface area (Å²) in [7, 11) is -0.768. The van der Waals surface area contributed by atoms with Gasteiger partial charge in [0.15, 0.2) is 15.9 Å². The number of carbonyl (C=O) groups excluding carboxylic acids is 1. The first kappa shape index (κ1) is 26.5. The van der Waals surface area contributed by atoms with Crippen LogP contribution in [0.5, 0.6) is 0 Å². The Hall–Kier alpha value is -3.13. The highest BCUT2D eigenvalue weighted by Crippen LogP contribution is 2.40. The van der Waals surface area contributed by atoms with Crippen LogP contribution in [0, 0.1) is 11.7 Å². The fraction of sp³-hybridized carbons (Fsp3) is 0.333. The van der Waals surface area contributed by atoms with Crippen LogP contribution in [-0.2, 0) is 26.6 Å². The number of rotatable bonds is 6. The molecule has 1 unspecified atom stereocenters. The number of aliphatic imine (C=N–C) groups is 1. The van der Waals surface area contributed by atoms with Gasteiger partial charge in [-0.15, -0.1) is 11.3 Å². The summed E-state index contributed by atoms with van der Waals surface area (Å²) in [6.45, 7) is 0.462. The van der Waals surface area contributed by atoms with Gasteiger partial charge in [0.2, 0.25) is 0 Å². The third-order valence-electron chi connectivity index (χ3n) is 6.52. The van der Waals surface area contributed by atoms with Crippen molar-refractivity contribution >= 4 is 44.8 Å². The van der Waals surface area contributed by atoms with Gasteiger partial charge in [0, 0.05) is 60.1 Å². The van der Waals surface area contributed by atoms with E-state index in [0.717, 1.165) is 0 Å². The van der Waals surface area contributed by atoms with E-state index < -0.39 is 27.9 Å². The quantitative estimate of drug-likeness (QED) is 0.446. The molecule has 0 bridgehead atoms. The third kappa shape index (κ3) is 4.98. The number of aryl methyl sites for hydroxylation is 1. The number of nitrogens with zero attached hydrogens (tertiary/aromatic N) is 5. The minimum atomic E-state index is -3.75. The number of imidazole rings is 1. The molecule has 10 nitrogen and oxygen atoms in total. The van der Waals surface area contributed by atoms with Crippen LogP contribution in [-0.4, -0.2) is 59.3 Å². The second-order valence-corrected chi connectivity index (χ2v) is 12.1. The zero-order valence-electron chi connectivity index (χ0n) is 20.5. The number of hydrogen-bond donors (Lipinski definition) is 1. The molecule has 0 radical (unpaired) electrons. The molecule has 5 rings (SSSR count). The topological polar surface area (TPSA) is 119 Å². The molecule has 0 spiro atoms. The average Bonchev–Trinajstić information content (AvgIpc) is 3.60. The first-order valence-electron chi connectivity index (χ1n) is 11.7. The van der Waals surface area contributed by atoms with E-state index in [4.69, 9.17) is 21.3 Å². The van der Waals surface area contributed by atoms with E-state index in [0.29, 0.717) is 34.9 Å². The van der Waals surface area contributed by atoms with Crippen LogP contribution >= 0.6 is 22.9 Å². The Morgan fingerprint density at radius 2 is 2.03 bits per heavy atom. The minimum Gasteiger partial charge on any atom is -0.466 e. The van der Waals surface area contributed by atoms with Crippen LogP contribution in [0.15, 0.2) is 63.6 Å². The van der Waals surface area contributed by atoms with E-state index >= 15 is 0 Å². The van der Waals surface area contributed by atoms with Crippen LogP contribution in [0.3, 0.4) is 0 Å². The SMILES string of the molecule is COC(=O)C1=C(C2CCN(S(=O)(=O)c3cn(C)cn3)CC2)NC(c2nccs2)=NC1c1ccc(F)cc1Cl. The molecule has 38 heavy (non-hydrogen) atoms. The number of allylic oxidation sites excluding steroid dienone is 1. The monoisotopic (exact) mass is 578 g/mol. The molecule has 200 valence electrons. The summed E-state index contributed by atoms with van der Waals surface area (Å²) < 4.78 is 48.2. The maximum atomic E-state index is 13.9. The maximum Gasteiger partial charge on any atom is 0.338 e. The number of carbonyl (C=O) groups is 1. The predicted molar refractivity (Wildman–Crippen MR) is 140 cm³/mol. The number of methoxy groups -OCH3 is 1. The summed E-state index contributed by atoms with van der Waals surface area (Å²) in [5.74, 6) is -0.895. The number of hydrogen-bond acceptors (Lipinski definition) is 9. The molecular formula is C24H24ClFN6O4S2. The summed E-state index contributed by atoms with van der Waals surface area (Å²) in [6, 6.07) is 3.06. The van der Waals surface area contributed by atoms with Crippen LogP contribution in [0.2, 0.25) is 5.02 Å². The molecule has 2 aliphatic heterocycles. The van der Waals surface area contributed by atoms with Crippen LogP contribution in [0.4, 0.5) is 4.39 Å². The lowest BCUT2D eigenvalue weighted by Crippen LogP contribution is -2.43. The molecule has 1 aromatic carbocycles. The molecule has 2 aromatic heterocycles. The lowest BCUT2D eigenvalue weighted by Gasteiger charge is -2.36. The molecule has 1 saturated heterocycles. The van der Waals surface area contributed by atoms with Gasteiger partial charge in [-0.2, -0.15) is 4.31 Å². The highest BCUT2D eigenvalue weighted by molar-refractivity contribution is 7.89. The Labute approximate surface area is 227 Å². The number of amidine groups is 1. The number of sulfonamides is 1. The fourth-order valence-corrected chi connectivity index (χ4v) is 6.95. The number of piperidine rings is 1. The number of aromatic nitrogens is 3. The molecule has 1 N–H and O–H groups in total. The smallest absolute Gasteiger partial charge is 0.338 e. The fourth-order valence-electron chi connectivity index (χ4n) is 4.66. The number of benzene rings is 1. The van der Waals surface area contributed by atoms with Gasteiger partial charge in [-0.05, 0) is 25.0 Å². The van der Waals surface area contributed by atoms with Gasteiger partial charge >= 0.3 is 5.97 Å². The standard InChI is InChI=1S/C24H24ClFN6O4S2/c1-31-12-18(28-13-31)38(34,35)32-8-5-14(6-9-32)20-19(24(33)36-2)21(16-4-3-15(26)11-17(16)25)30-22(29-20)23-27-7-10-37-23/h3-4,7,10-14,21H,5-6,8-9H2,1-2H3,(H,29,30). The number of nitrogens with one attached hydrogen (secondary N) is 1. The van der Waals surface area contributed by atoms with E-state index in [1.54, 1.807) is 23.2 Å². The molecule has 0 aliphatic carbocycles. The highest BCUT2D eigenvalue weighted by Gasteiger charge is 2.39. The van der Waals surface area contributed by atoms with Gasteiger partial charge in [0.05, 0.1) is 19.0 Å². The third-order valence-corrected chi connectivity index (χ3v) is 9.41. The van der Waals surface area contributed by atoms with Crippen molar-refractivity contribution in [1.82, 2.24) is 24.2 Å². The molecule has 0 saturated carbocycles. The Morgan fingerprint density at radius 1 is 1.26 bits per heavy atom. The normalized spacial score (nSPS) is 19.3. The van der Waals surface area contributed by atoms with Crippen molar-refractivity contribution in [2.24, 2.45) is 18.0 Å². The van der Waals surface area contributed by atoms with E-state index in [1.807, 2.05) is 0 Å². The van der Waals surface area contributed by atoms with Gasteiger partial charge in [-0.1, -0.05) is 17.7 Å². The summed E-state index contributed by atoms with van der Waals surface area (Å²) >= 11 is 7.78. The largest absolute Gasteiger partial charge is 0.466 e. The van der Waals surface area contributed by atoms with E-state index in [-0.39, 0.29) is 34.6 Å². The molecule has 1 atom stereocenters. The summed E-state index contributed by atoms with van der Waals surface area (Å²) in [4.78, 5) is 26.3. The molecular weight excluding hydrogens is 555 g/mol. The summed E-state index contributed by atoms with van der Waals surface area (Å²) in [5, 5.41) is 5.81. The van der Waals surface area contributed by atoms with Gasteiger partial charge in [0.25, 0.3) is 10.0 Å². The van der Waals surface area contributed by atoms with Crippen LogP contribution in [0.25, 0.3) is 0 Å². The van der Waals surface area contributed by atoms with E-state index in [1.165, 1.54) is 53.5 Å². The van der Waals surface area contributed by atoms with E-state index in [9.17, 15) is 17.6 Å². The van der Waals surface area contributed by atoms with Crippen molar-refractivity contribution in [2.45, 2.75) is 23.9 Å². The van der Waals surface area contributed by atoms with Crippen molar-refractivity contribution in [1.29, 1.82) is 0 Å². The second kappa shape index (κ2) is 10.6. The second-order valence-electron chi connectivity index (χ2n) is 8.88. The number of esters is 1. The Bertz CT molecular complexity index is 1530. The van der Waals surface area contributed by atoms with Gasteiger partial charge < -0.3 is 14.6 Å². The van der Waals surface area contributed by atoms with Gasteiger partial charge in [-0.3, -0.25) is 4.99 Å². The molecule has 2 aliphatic rings. The number of ether oxygens (including phenoxy) is 1. The zero-order valence-corrected chi connectivity index (χ0v) is 22.9. The van der Waals surface area contributed by atoms with E-state index in [2.05, 4.69) is 15.3 Å². The lowest BCUT2D eigenvalue weighted by molar-refractivity contribution is -0.136. The first-order chi connectivity index (χ1) is 18.2. The van der Waals surface area contributed by atoms with Gasteiger partial charge in [0.1, 0.15) is 11.9 Å². The van der Waals surface area contributed by atoms with Crippen molar-refractivity contribution in [3.8, 4) is 0 Å². The summed E-state index contributed by atoms with van der Waals surface area (Å²) in [5.41, 5.74) is 1.25. The van der Waals surface area contributed by atoms with Gasteiger partial charge in [-0.25, -0.2) is 27.6 Å².